The molecule has 0 bridgehead atoms. The minimum absolute atomic E-state index is 0.141. The van der Waals surface area contributed by atoms with Gasteiger partial charge in [-0.2, -0.15) is 0 Å². The molecule has 0 spiro atoms. The lowest BCUT2D eigenvalue weighted by atomic mass is 9.83. The Labute approximate surface area is 80.5 Å². The van der Waals surface area contributed by atoms with Crippen molar-refractivity contribution in [1.82, 2.24) is 0 Å². The van der Waals surface area contributed by atoms with Crippen LogP contribution in [-0.2, 0) is 0 Å². The van der Waals surface area contributed by atoms with Gasteiger partial charge in [0.15, 0.2) is 0 Å². The van der Waals surface area contributed by atoms with Crippen LogP contribution in [0.2, 0.25) is 0 Å². The number of nitrogens with two attached hydrogens (primary N) is 1. The molecule has 2 unspecified atom stereocenters. The molecule has 13 heavy (non-hydrogen) atoms. The van der Waals surface area contributed by atoms with Crippen molar-refractivity contribution in [2.24, 2.45) is 23.0 Å². The Morgan fingerprint density at radius 3 is 2.38 bits per heavy atom. The van der Waals surface area contributed by atoms with Crippen LogP contribution in [0.15, 0.2) is 0 Å². The average molecular weight is 183 g/mol. The van der Waals surface area contributed by atoms with Crippen molar-refractivity contribution in [3.63, 3.8) is 0 Å². The number of hydrogen-bond acceptors (Lipinski definition) is 2. The number of rotatable bonds is 3. The number of hydrogen-bond donors (Lipinski definition) is 2. The van der Waals surface area contributed by atoms with Gasteiger partial charge in [0.25, 0.3) is 0 Å². The third-order valence-corrected chi connectivity index (χ3v) is 4.19. The van der Waals surface area contributed by atoms with Gasteiger partial charge in [0.05, 0.1) is 6.61 Å². The maximum atomic E-state index is 9.28. The van der Waals surface area contributed by atoms with Gasteiger partial charge in [-0.1, -0.05) is 32.1 Å². The summed E-state index contributed by atoms with van der Waals surface area (Å²) in [5, 5.41) is 9.28. The Hall–Kier alpha value is -0.0800. The van der Waals surface area contributed by atoms with Crippen LogP contribution in [-0.4, -0.2) is 18.3 Å². The third kappa shape index (κ3) is 1.62. The number of aliphatic hydroxyl groups is 1. The molecule has 2 atom stereocenters. The van der Waals surface area contributed by atoms with Crippen molar-refractivity contribution in [2.45, 2.75) is 38.5 Å². The van der Waals surface area contributed by atoms with Crippen molar-refractivity contribution in [3.8, 4) is 0 Å². The van der Waals surface area contributed by atoms with Crippen molar-refractivity contribution in [3.05, 3.63) is 0 Å². The van der Waals surface area contributed by atoms with Crippen LogP contribution < -0.4 is 5.73 Å². The molecule has 0 radical (unpaired) electrons. The van der Waals surface area contributed by atoms with Crippen molar-refractivity contribution in [1.29, 1.82) is 0 Å². The highest BCUT2D eigenvalue weighted by Gasteiger charge is 2.55. The molecule has 2 heteroatoms. The average Bonchev–Trinajstić information content (AvgIpc) is 2.95. The first-order valence-electron chi connectivity index (χ1n) is 5.63. The maximum absolute atomic E-state index is 9.28. The summed E-state index contributed by atoms with van der Waals surface area (Å²) in [6, 6.07) is 0. The van der Waals surface area contributed by atoms with E-state index in [0.29, 0.717) is 13.2 Å². The normalized spacial score (nSPS) is 40.6. The van der Waals surface area contributed by atoms with Gasteiger partial charge in [0.1, 0.15) is 0 Å². The fraction of sp³-hybridized carbons (Fsp3) is 1.00. The highest BCUT2D eigenvalue weighted by molar-refractivity contribution is 5.05. The van der Waals surface area contributed by atoms with E-state index in [0.717, 1.165) is 11.8 Å². The Morgan fingerprint density at radius 2 is 1.92 bits per heavy atom. The first-order chi connectivity index (χ1) is 6.32. The fourth-order valence-electron chi connectivity index (χ4n) is 3.06. The van der Waals surface area contributed by atoms with E-state index in [1.807, 2.05) is 0 Å². The van der Waals surface area contributed by atoms with Crippen LogP contribution in [0.3, 0.4) is 0 Å². The Kier molecular flexibility index (Phi) is 2.61. The molecule has 0 aromatic rings. The maximum Gasteiger partial charge on any atom is 0.0502 e. The van der Waals surface area contributed by atoms with Gasteiger partial charge in [0.2, 0.25) is 0 Å². The zero-order chi connectivity index (χ0) is 9.31. The highest BCUT2D eigenvalue weighted by atomic mass is 16.3. The van der Waals surface area contributed by atoms with Gasteiger partial charge in [-0.05, 0) is 18.3 Å². The van der Waals surface area contributed by atoms with Crippen LogP contribution in [0.4, 0.5) is 0 Å². The van der Waals surface area contributed by atoms with Crippen molar-refractivity contribution in [2.75, 3.05) is 13.2 Å². The smallest absolute Gasteiger partial charge is 0.0502 e. The molecule has 3 N–H and O–H groups in total. The number of aliphatic hydroxyl groups excluding tert-OH is 1. The lowest BCUT2D eigenvalue weighted by Gasteiger charge is -2.24. The SMILES string of the molecule is NCC1(CO)CC1C1CCCCC1. The predicted molar refractivity (Wildman–Crippen MR) is 53.3 cm³/mol. The quantitative estimate of drug-likeness (QED) is 0.697. The summed E-state index contributed by atoms with van der Waals surface area (Å²) >= 11 is 0. The lowest BCUT2D eigenvalue weighted by molar-refractivity contribution is 0.178. The second kappa shape index (κ2) is 3.58. The molecule has 0 aliphatic heterocycles. The van der Waals surface area contributed by atoms with Gasteiger partial charge in [-0.3, -0.25) is 0 Å². The van der Waals surface area contributed by atoms with E-state index in [1.165, 1.54) is 38.5 Å². The summed E-state index contributed by atoms with van der Waals surface area (Å²) < 4.78 is 0. The summed E-state index contributed by atoms with van der Waals surface area (Å²) in [6.07, 6.45) is 8.15. The van der Waals surface area contributed by atoms with Crippen molar-refractivity contribution < 1.29 is 5.11 Å². The minimum atomic E-state index is 0.141. The van der Waals surface area contributed by atoms with E-state index < -0.39 is 0 Å². The third-order valence-electron chi connectivity index (χ3n) is 4.19. The molecule has 2 aliphatic carbocycles. The van der Waals surface area contributed by atoms with E-state index in [-0.39, 0.29) is 5.41 Å². The zero-order valence-corrected chi connectivity index (χ0v) is 8.34. The van der Waals surface area contributed by atoms with Crippen LogP contribution in [0, 0.1) is 17.3 Å². The van der Waals surface area contributed by atoms with E-state index >= 15 is 0 Å². The molecule has 2 fully saturated rings. The molecule has 0 saturated heterocycles. The van der Waals surface area contributed by atoms with E-state index in [1.54, 1.807) is 0 Å². The van der Waals surface area contributed by atoms with Gasteiger partial charge < -0.3 is 10.8 Å². The van der Waals surface area contributed by atoms with E-state index in [2.05, 4.69) is 0 Å². The summed E-state index contributed by atoms with van der Waals surface area (Å²) in [5.41, 5.74) is 5.86. The molecule has 0 amide bonds. The summed E-state index contributed by atoms with van der Waals surface area (Å²) in [4.78, 5) is 0. The molecule has 0 heterocycles. The fourth-order valence-corrected chi connectivity index (χ4v) is 3.06. The van der Waals surface area contributed by atoms with E-state index in [4.69, 9.17) is 5.73 Å². The standard InChI is InChI=1S/C11H21NO/c12-7-11(8-13)6-10(11)9-4-2-1-3-5-9/h9-10,13H,1-8,12H2. The minimum Gasteiger partial charge on any atom is -0.396 e. The molecule has 2 rings (SSSR count). The van der Waals surface area contributed by atoms with Gasteiger partial charge >= 0.3 is 0 Å². The summed E-state index contributed by atoms with van der Waals surface area (Å²) in [7, 11) is 0. The second-order valence-corrected chi connectivity index (χ2v) is 4.93. The lowest BCUT2D eigenvalue weighted by Crippen LogP contribution is -2.25. The Bertz CT molecular complexity index is 171. The van der Waals surface area contributed by atoms with Crippen molar-refractivity contribution >= 4 is 0 Å². The predicted octanol–water partition coefficient (Wildman–Crippen LogP) is 1.52. The topological polar surface area (TPSA) is 46.2 Å². The van der Waals surface area contributed by atoms with Gasteiger partial charge in [-0.25, -0.2) is 0 Å². The monoisotopic (exact) mass is 183 g/mol. The molecule has 2 aliphatic rings. The van der Waals surface area contributed by atoms with Crippen LogP contribution in [0.25, 0.3) is 0 Å². The van der Waals surface area contributed by atoms with Gasteiger partial charge in [-0.15, -0.1) is 0 Å². The van der Waals surface area contributed by atoms with Gasteiger partial charge in [0, 0.05) is 12.0 Å². The molecule has 76 valence electrons. The van der Waals surface area contributed by atoms with Crippen LogP contribution in [0.1, 0.15) is 38.5 Å². The first-order valence-corrected chi connectivity index (χ1v) is 5.63. The Balaban J connectivity index is 1.89. The largest absolute Gasteiger partial charge is 0.396 e. The molecular weight excluding hydrogens is 162 g/mol. The summed E-state index contributed by atoms with van der Waals surface area (Å²) in [6.45, 7) is 0.995. The molecule has 2 nitrogen and oxygen atoms in total. The highest BCUT2D eigenvalue weighted by Crippen LogP contribution is 2.58. The Morgan fingerprint density at radius 1 is 1.23 bits per heavy atom. The first kappa shape index (κ1) is 9.47. The van der Waals surface area contributed by atoms with E-state index in [9.17, 15) is 5.11 Å². The molecule has 0 aromatic carbocycles. The summed E-state index contributed by atoms with van der Waals surface area (Å²) in [5.74, 6) is 1.63. The molecule has 2 saturated carbocycles. The molecule has 0 aromatic heterocycles. The zero-order valence-electron chi connectivity index (χ0n) is 8.34. The van der Waals surface area contributed by atoms with Crippen LogP contribution in [0.5, 0.6) is 0 Å². The van der Waals surface area contributed by atoms with Crippen LogP contribution >= 0.6 is 0 Å². The molecular formula is C11H21NO. The second-order valence-electron chi connectivity index (χ2n) is 4.93.